The lowest BCUT2D eigenvalue weighted by Gasteiger charge is -2.21. The Hall–Kier alpha value is -2.16. The highest BCUT2D eigenvalue weighted by molar-refractivity contribution is 6.30. The smallest absolute Gasteiger partial charge is 0.257 e. The molecule has 1 aromatic rings. The summed E-state index contributed by atoms with van der Waals surface area (Å²) in [5, 5.41) is 5.38. The van der Waals surface area contributed by atoms with Crippen molar-refractivity contribution >= 4 is 23.4 Å². The van der Waals surface area contributed by atoms with Crippen molar-refractivity contribution in [3.63, 3.8) is 0 Å². The van der Waals surface area contributed by atoms with Gasteiger partial charge in [-0.25, -0.2) is 14.2 Å². The standard InChI is InChI=1S/C18H22ClFN2O5/c1-12(18(24)22-9-13-5-7-26-27-10-13)4-6-21-17(23)11-25-14-2-3-15(19)16(20)8-14/h2-3,8,13H,1,4-7,9-11H2,(H,21,23)(H,22,24). The number of hydrogen-bond donors (Lipinski definition) is 2. The van der Waals surface area contributed by atoms with E-state index in [2.05, 4.69) is 17.2 Å². The molecule has 7 nitrogen and oxygen atoms in total. The minimum absolute atomic E-state index is 0.0204. The van der Waals surface area contributed by atoms with Gasteiger partial charge < -0.3 is 15.4 Å². The van der Waals surface area contributed by atoms with E-state index in [1.54, 1.807) is 0 Å². The predicted molar refractivity (Wildman–Crippen MR) is 96.7 cm³/mol. The van der Waals surface area contributed by atoms with Gasteiger partial charge in [0, 0.05) is 30.6 Å². The van der Waals surface area contributed by atoms with Gasteiger partial charge in [-0.1, -0.05) is 18.2 Å². The van der Waals surface area contributed by atoms with Gasteiger partial charge in [-0.15, -0.1) is 0 Å². The summed E-state index contributed by atoms with van der Waals surface area (Å²) in [5.74, 6) is -0.858. The van der Waals surface area contributed by atoms with Crippen molar-refractivity contribution in [3.05, 3.63) is 41.2 Å². The first-order chi connectivity index (χ1) is 13.0. The van der Waals surface area contributed by atoms with E-state index < -0.39 is 11.7 Å². The lowest BCUT2D eigenvalue weighted by atomic mass is 10.1. The topological polar surface area (TPSA) is 85.9 Å². The monoisotopic (exact) mass is 400 g/mol. The first-order valence-electron chi connectivity index (χ1n) is 8.50. The van der Waals surface area contributed by atoms with E-state index in [0.717, 1.165) is 12.5 Å². The number of halogens is 2. The van der Waals surface area contributed by atoms with E-state index in [1.807, 2.05) is 0 Å². The molecule has 2 rings (SSSR count). The average Bonchev–Trinajstić information content (AvgIpc) is 2.67. The van der Waals surface area contributed by atoms with Gasteiger partial charge in [0.15, 0.2) is 6.61 Å². The second-order valence-electron chi connectivity index (χ2n) is 6.04. The van der Waals surface area contributed by atoms with Crippen molar-refractivity contribution in [2.75, 3.05) is 32.9 Å². The van der Waals surface area contributed by atoms with Crippen LogP contribution in [0.2, 0.25) is 5.02 Å². The van der Waals surface area contributed by atoms with Crippen LogP contribution in [-0.4, -0.2) is 44.7 Å². The summed E-state index contributed by atoms with van der Waals surface area (Å²) >= 11 is 5.57. The minimum atomic E-state index is -0.621. The number of carbonyl (C=O) groups is 2. The van der Waals surface area contributed by atoms with Crippen molar-refractivity contribution in [1.82, 2.24) is 10.6 Å². The molecule has 2 N–H and O–H groups in total. The molecule has 0 radical (unpaired) electrons. The fraction of sp³-hybridized carbons (Fsp3) is 0.444. The second kappa shape index (κ2) is 10.9. The quantitative estimate of drug-likeness (QED) is 0.489. The molecule has 2 amide bonds. The number of nitrogens with one attached hydrogen (secondary N) is 2. The third-order valence-corrected chi connectivity index (χ3v) is 4.19. The lowest BCUT2D eigenvalue weighted by molar-refractivity contribution is -0.323. The molecule has 0 aromatic heterocycles. The van der Waals surface area contributed by atoms with Crippen LogP contribution in [0, 0.1) is 11.7 Å². The molecular weight excluding hydrogens is 379 g/mol. The molecular formula is C18H22ClFN2O5. The van der Waals surface area contributed by atoms with E-state index in [9.17, 15) is 14.0 Å². The van der Waals surface area contributed by atoms with Gasteiger partial charge in [0.05, 0.1) is 18.2 Å². The van der Waals surface area contributed by atoms with Crippen LogP contribution in [0.4, 0.5) is 4.39 Å². The second-order valence-corrected chi connectivity index (χ2v) is 6.45. The van der Waals surface area contributed by atoms with Crippen molar-refractivity contribution in [2.24, 2.45) is 5.92 Å². The van der Waals surface area contributed by atoms with Crippen LogP contribution in [0.3, 0.4) is 0 Å². The predicted octanol–water partition coefficient (Wildman–Crippen LogP) is 2.00. The van der Waals surface area contributed by atoms with Gasteiger partial charge in [0.25, 0.3) is 5.91 Å². The molecule has 1 atom stereocenters. The average molecular weight is 401 g/mol. The Morgan fingerprint density at radius 3 is 2.85 bits per heavy atom. The highest BCUT2D eigenvalue weighted by atomic mass is 35.5. The van der Waals surface area contributed by atoms with Crippen molar-refractivity contribution in [3.8, 4) is 5.75 Å². The van der Waals surface area contributed by atoms with Crippen molar-refractivity contribution in [1.29, 1.82) is 0 Å². The fourth-order valence-electron chi connectivity index (χ4n) is 2.26. The van der Waals surface area contributed by atoms with E-state index in [1.165, 1.54) is 12.1 Å². The minimum Gasteiger partial charge on any atom is -0.484 e. The van der Waals surface area contributed by atoms with Crippen LogP contribution in [0.15, 0.2) is 30.4 Å². The molecule has 1 fully saturated rings. The molecule has 1 aromatic carbocycles. The zero-order valence-electron chi connectivity index (χ0n) is 14.8. The maximum absolute atomic E-state index is 13.3. The van der Waals surface area contributed by atoms with Crippen LogP contribution in [0.25, 0.3) is 0 Å². The van der Waals surface area contributed by atoms with Crippen LogP contribution < -0.4 is 15.4 Å². The van der Waals surface area contributed by atoms with Gasteiger partial charge in [0.1, 0.15) is 11.6 Å². The van der Waals surface area contributed by atoms with Gasteiger partial charge in [-0.3, -0.25) is 9.59 Å². The molecule has 0 spiro atoms. The number of carbonyl (C=O) groups excluding carboxylic acids is 2. The molecule has 27 heavy (non-hydrogen) atoms. The number of amides is 2. The zero-order valence-corrected chi connectivity index (χ0v) is 15.5. The van der Waals surface area contributed by atoms with Crippen molar-refractivity contribution < 1.29 is 28.5 Å². The van der Waals surface area contributed by atoms with E-state index in [0.29, 0.717) is 31.8 Å². The van der Waals surface area contributed by atoms with E-state index >= 15 is 0 Å². The number of ether oxygens (including phenoxy) is 1. The SMILES string of the molecule is C=C(CCNC(=O)COc1ccc(Cl)c(F)c1)C(=O)NCC1CCOOC1. The fourth-order valence-corrected chi connectivity index (χ4v) is 2.37. The first-order valence-corrected chi connectivity index (χ1v) is 8.88. The van der Waals surface area contributed by atoms with Gasteiger partial charge in [0.2, 0.25) is 5.91 Å². The van der Waals surface area contributed by atoms with Gasteiger partial charge in [-0.2, -0.15) is 0 Å². The summed E-state index contributed by atoms with van der Waals surface area (Å²) in [6.45, 7) is 5.13. The molecule has 1 aliphatic rings. The number of rotatable bonds is 9. The molecule has 1 heterocycles. The Labute approximate surface area is 161 Å². The van der Waals surface area contributed by atoms with E-state index in [-0.39, 0.29) is 35.7 Å². The Morgan fingerprint density at radius 2 is 2.15 bits per heavy atom. The highest BCUT2D eigenvalue weighted by Gasteiger charge is 2.16. The summed E-state index contributed by atoms with van der Waals surface area (Å²) in [5.41, 5.74) is 0.365. The summed E-state index contributed by atoms with van der Waals surface area (Å²) < 4.78 is 18.5. The maximum atomic E-state index is 13.3. The normalized spacial score (nSPS) is 16.4. The summed E-state index contributed by atoms with van der Waals surface area (Å²) in [4.78, 5) is 33.4. The Balaban J connectivity index is 1.59. The van der Waals surface area contributed by atoms with Gasteiger partial charge in [-0.05, 0) is 25.0 Å². The third kappa shape index (κ3) is 7.54. The van der Waals surface area contributed by atoms with Crippen LogP contribution in [0.5, 0.6) is 5.75 Å². The molecule has 1 saturated heterocycles. The van der Waals surface area contributed by atoms with Crippen LogP contribution in [0.1, 0.15) is 12.8 Å². The molecule has 148 valence electrons. The molecule has 0 saturated carbocycles. The first kappa shape index (κ1) is 21.1. The molecule has 1 unspecified atom stereocenters. The Morgan fingerprint density at radius 1 is 1.33 bits per heavy atom. The van der Waals surface area contributed by atoms with Gasteiger partial charge >= 0.3 is 0 Å². The number of hydrogen-bond acceptors (Lipinski definition) is 5. The lowest BCUT2D eigenvalue weighted by Crippen LogP contribution is -2.35. The molecule has 0 aliphatic carbocycles. The zero-order chi connectivity index (χ0) is 19.6. The largest absolute Gasteiger partial charge is 0.484 e. The van der Waals surface area contributed by atoms with Crippen LogP contribution >= 0.6 is 11.6 Å². The third-order valence-electron chi connectivity index (χ3n) is 3.88. The maximum Gasteiger partial charge on any atom is 0.257 e. The Kier molecular flexibility index (Phi) is 8.50. The molecule has 0 bridgehead atoms. The summed E-state index contributed by atoms with van der Waals surface area (Å²) in [7, 11) is 0. The number of benzene rings is 1. The highest BCUT2D eigenvalue weighted by Crippen LogP contribution is 2.20. The molecule has 9 heteroatoms. The Bertz CT molecular complexity index is 680. The van der Waals surface area contributed by atoms with E-state index in [4.69, 9.17) is 26.1 Å². The molecule has 1 aliphatic heterocycles. The summed E-state index contributed by atoms with van der Waals surface area (Å²) in [6, 6.07) is 3.92. The van der Waals surface area contributed by atoms with Crippen molar-refractivity contribution in [2.45, 2.75) is 12.8 Å². The summed E-state index contributed by atoms with van der Waals surface area (Å²) in [6.07, 6.45) is 1.12. The van der Waals surface area contributed by atoms with Crippen LogP contribution in [-0.2, 0) is 19.4 Å².